The van der Waals surface area contributed by atoms with Gasteiger partial charge in [-0.15, -0.1) is 0 Å². The first-order chi connectivity index (χ1) is 9.15. The minimum Gasteiger partial charge on any atom is -0.469 e. The summed E-state index contributed by atoms with van der Waals surface area (Å²) >= 11 is 5.86. The number of halogens is 1. The molecule has 1 aromatic rings. The second-order valence-corrected chi connectivity index (χ2v) is 4.83. The molecular formula is C13H14ClN3O2. The fraction of sp³-hybridized carbons (Fsp3) is 0.462. The molecule has 1 aliphatic rings. The molecule has 0 radical (unpaired) electrons. The van der Waals surface area contributed by atoms with Crippen LogP contribution in [-0.4, -0.2) is 31.2 Å². The number of carbonyl (C=O) groups excluding carboxylic acids is 1. The van der Waals surface area contributed by atoms with E-state index in [0.717, 1.165) is 19.4 Å². The van der Waals surface area contributed by atoms with Crippen molar-refractivity contribution < 1.29 is 9.53 Å². The minimum absolute atomic E-state index is 0.137. The average molecular weight is 280 g/mol. The predicted octanol–water partition coefficient (Wildman–Crippen LogP) is 2.00. The van der Waals surface area contributed by atoms with Gasteiger partial charge in [0, 0.05) is 13.1 Å². The normalized spacial score (nSPS) is 18.8. The zero-order chi connectivity index (χ0) is 13.8. The lowest BCUT2D eigenvalue weighted by Gasteiger charge is -2.32. The van der Waals surface area contributed by atoms with Gasteiger partial charge in [0.25, 0.3) is 0 Å². The number of methoxy groups -OCH3 is 1. The van der Waals surface area contributed by atoms with E-state index in [9.17, 15) is 4.79 Å². The van der Waals surface area contributed by atoms with Gasteiger partial charge in [-0.1, -0.05) is 11.6 Å². The van der Waals surface area contributed by atoms with Gasteiger partial charge in [0.05, 0.1) is 18.1 Å². The molecule has 0 amide bonds. The van der Waals surface area contributed by atoms with Crippen LogP contribution in [0.25, 0.3) is 0 Å². The molecule has 1 atom stereocenters. The van der Waals surface area contributed by atoms with E-state index in [1.165, 1.54) is 7.11 Å². The molecule has 100 valence electrons. The van der Waals surface area contributed by atoms with Crippen molar-refractivity contribution >= 4 is 23.4 Å². The first-order valence-electron chi connectivity index (χ1n) is 6.05. The molecule has 2 rings (SSSR count). The molecule has 5 nitrogen and oxygen atoms in total. The molecule has 0 bridgehead atoms. The number of ether oxygens (including phenoxy) is 1. The number of nitrogens with zero attached hydrogens (tertiary/aromatic N) is 3. The summed E-state index contributed by atoms with van der Waals surface area (Å²) in [6.45, 7) is 1.37. The molecule has 19 heavy (non-hydrogen) atoms. The molecule has 1 aliphatic heterocycles. The van der Waals surface area contributed by atoms with E-state index >= 15 is 0 Å². The van der Waals surface area contributed by atoms with Crippen LogP contribution in [0.4, 0.5) is 5.82 Å². The van der Waals surface area contributed by atoms with Gasteiger partial charge in [0.15, 0.2) is 5.69 Å². The molecule has 0 unspecified atom stereocenters. The second-order valence-electron chi connectivity index (χ2n) is 4.42. The maximum Gasteiger partial charge on any atom is 0.310 e. The van der Waals surface area contributed by atoms with Crippen molar-refractivity contribution in [3.63, 3.8) is 0 Å². The number of pyridine rings is 1. The molecule has 0 aliphatic carbocycles. The van der Waals surface area contributed by atoms with Crippen LogP contribution in [0.3, 0.4) is 0 Å². The van der Waals surface area contributed by atoms with Crippen molar-refractivity contribution in [2.45, 2.75) is 12.8 Å². The Bertz CT molecular complexity index is 527. The minimum atomic E-state index is -0.195. The van der Waals surface area contributed by atoms with E-state index in [2.05, 4.69) is 4.98 Å². The summed E-state index contributed by atoms with van der Waals surface area (Å²) < 4.78 is 4.78. The van der Waals surface area contributed by atoms with Gasteiger partial charge in [-0.3, -0.25) is 4.79 Å². The largest absolute Gasteiger partial charge is 0.469 e. The van der Waals surface area contributed by atoms with E-state index in [-0.39, 0.29) is 17.6 Å². The number of hydrogen-bond acceptors (Lipinski definition) is 5. The fourth-order valence-electron chi connectivity index (χ4n) is 2.23. The molecule has 0 saturated carbocycles. The van der Waals surface area contributed by atoms with Crippen LogP contribution in [0, 0.1) is 17.2 Å². The van der Waals surface area contributed by atoms with E-state index < -0.39 is 0 Å². The van der Waals surface area contributed by atoms with E-state index in [1.54, 1.807) is 12.1 Å². The Hall–Kier alpha value is -1.80. The Balaban J connectivity index is 2.18. The molecule has 1 fully saturated rings. The van der Waals surface area contributed by atoms with Crippen LogP contribution in [-0.2, 0) is 9.53 Å². The standard InChI is InChI=1S/C13H14ClN3O2/c1-19-13(18)9-3-2-6-17(8-9)12-5-4-10(14)11(7-15)16-12/h4-5,9H,2-3,6,8H2,1H3/t9-/m0/s1. The van der Waals surface area contributed by atoms with Crippen LogP contribution in [0.15, 0.2) is 12.1 Å². The molecule has 0 spiro atoms. The number of anilines is 1. The Kier molecular flexibility index (Phi) is 4.23. The van der Waals surface area contributed by atoms with Gasteiger partial charge in [-0.05, 0) is 25.0 Å². The summed E-state index contributed by atoms with van der Waals surface area (Å²) in [4.78, 5) is 17.8. The fourth-order valence-corrected chi connectivity index (χ4v) is 2.38. The third-order valence-corrected chi connectivity index (χ3v) is 3.52. The van der Waals surface area contributed by atoms with Crippen LogP contribution in [0.1, 0.15) is 18.5 Å². The lowest BCUT2D eigenvalue weighted by molar-refractivity contribution is -0.145. The van der Waals surface area contributed by atoms with Gasteiger partial charge in [-0.2, -0.15) is 5.26 Å². The lowest BCUT2D eigenvalue weighted by atomic mass is 9.98. The third-order valence-electron chi connectivity index (χ3n) is 3.22. The number of aromatic nitrogens is 1. The summed E-state index contributed by atoms with van der Waals surface area (Å²) in [6.07, 6.45) is 1.72. The molecular weight excluding hydrogens is 266 g/mol. The van der Waals surface area contributed by atoms with Crippen LogP contribution in [0.5, 0.6) is 0 Å². The molecule has 1 aromatic heterocycles. The van der Waals surface area contributed by atoms with Crippen LogP contribution < -0.4 is 4.90 Å². The van der Waals surface area contributed by atoms with Gasteiger partial charge in [-0.25, -0.2) is 4.98 Å². The first kappa shape index (κ1) is 13.6. The maximum absolute atomic E-state index is 11.6. The lowest BCUT2D eigenvalue weighted by Crippen LogP contribution is -2.39. The molecule has 0 N–H and O–H groups in total. The summed E-state index contributed by atoms with van der Waals surface area (Å²) in [5.41, 5.74) is 0.208. The van der Waals surface area contributed by atoms with Crippen LogP contribution in [0.2, 0.25) is 5.02 Å². The smallest absolute Gasteiger partial charge is 0.310 e. The number of rotatable bonds is 2. The van der Waals surface area contributed by atoms with E-state index in [0.29, 0.717) is 17.4 Å². The molecule has 2 heterocycles. The topological polar surface area (TPSA) is 66.2 Å². The highest BCUT2D eigenvalue weighted by Crippen LogP contribution is 2.24. The number of nitriles is 1. The highest BCUT2D eigenvalue weighted by atomic mass is 35.5. The summed E-state index contributed by atoms with van der Waals surface area (Å²) in [5.74, 6) is 0.343. The zero-order valence-corrected chi connectivity index (χ0v) is 11.4. The Morgan fingerprint density at radius 2 is 2.42 bits per heavy atom. The van der Waals surface area contributed by atoms with Gasteiger partial charge in [0.1, 0.15) is 11.9 Å². The van der Waals surface area contributed by atoms with E-state index in [1.807, 2.05) is 11.0 Å². The SMILES string of the molecule is COC(=O)[C@H]1CCCN(c2ccc(Cl)c(C#N)n2)C1. The number of piperidine rings is 1. The van der Waals surface area contributed by atoms with Crippen molar-refractivity contribution in [3.05, 3.63) is 22.8 Å². The zero-order valence-electron chi connectivity index (χ0n) is 10.6. The highest BCUT2D eigenvalue weighted by molar-refractivity contribution is 6.31. The van der Waals surface area contributed by atoms with E-state index in [4.69, 9.17) is 21.6 Å². The number of carbonyl (C=O) groups is 1. The number of esters is 1. The maximum atomic E-state index is 11.6. The van der Waals surface area contributed by atoms with Crippen LogP contribution >= 0.6 is 11.6 Å². The van der Waals surface area contributed by atoms with Gasteiger partial charge < -0.3 is 9.64 Å². The third kappa shape index (κ3) is 2.96. The monoisotopic (exact) mass is 279 g/mol. The first-order valence-corrected chi connectivity index (χ1v) is 6.43. The van der Waals surface area contributed by atoms with Crippen molar-refractivity contribution in [1.82, 2.24) is 4.98 Å². The molecule has 1 saturated heterocycles. The molecule has 6 heteroatoms. The van der Waals surface area contributed by atoms with Crippen molar-refractivity contribution in [2.24, 2.45) is 5.92 Å². The predicted molar refractivity (Wildman–Crippen MR) is 70.9 cm³/mol. The van der Waals surface area contributed by atoms with Gasteiger partial charge in [0.2, 0.25) is 0 Å². The number of hydrogen-bond donors (Lipinski definition) is 0. The summed E-state index contributed by atoms with van der Waals surface area (Å²) in [6, 6.07) is 5.38. The average Bonchev–Trinajstić information content (AvgIpc) is 2.47. The van der Waals surface area contributed by atoms with Crippen molar-refractivity contribution in [3.8, 4) is 6.07 Å². The second kappa shape index (κ2) is 5.89. The van der Waals surface area contributed by atoms with Crippen molar-refractivity contribution in [2.75, 3.05) is 25.1 Å². The quantitative estimate of drug-likeness (QED) is 0.775. The Morgan fingerprint density at radius 3 is 3.11 bits per heavy atom. The van der Waals surface area contributed by atoms with Gasteiger partial charge >= 0.3 is 5.97 Å². The Labute approximate surface area is 116 Å². The Morgan fingerprint density at radius 1 is 1.63 bits per heavy atom. The summed E-state index contributed by atoms with van der Waals surface area (Å²) in [5, 5.41) is 9.27. The highest BCUT2D eigenvalue weighted by Gasteiger charge is 2.27. The van der Waals surface area contributed by atoms with Crippen molar-refractivity contribution in [1.29, 1.82) is 5.26 Å². The summed E-state index contributed by atoms with van der Waals surface area (Å²) in [7, 11) is 1.40. The molecule has 0 aromatic carbocycles.